The van der Waals surface area contributed by atoms with E-state index in [9.17, 15) is 4.79 Å². The first-order chi connectivity index (χ1) is 8.56. The highest BCUT2D eigenvalue weighted by Gasteiger charge is 2.26. The topological polar surface area (TPSA) is 49.8 Å². The lowest BCUT2D eigenvalue weighted by atomic mass is 10.2. The van der Waals surface area contributed by atoms with E-state index < -0.39 is 12.1 Å². The smallest absolute Gasteiger partial charge is 0.334 e. The van der Waals surface area contributed by atoms with Gasteiger partial charge in [0.25, 0.3) is 0 Å². The molecule has 98 valence electrons. The third kappa shape index (κ3) is 3.45. The summed E-state index contributed by atoms with van der Waals surface area (Å²) in [6.45, 7) is 2.22. The van der Waals surface area contributed by atoms with E-state index in [0.717, 1.165) is 16.6 Å². The van der Waals surface area contributed by atoms with Gasteiger partial charge in [0.05, 0.1) is 6.61 Å². The van der Waals surface area contributed by atoms with Crippen molar-refractivity contribution in [3.8, 4) is 0 Å². The summed E-state index contributed by atoms with van der Waals surface area (Å²) in [5.41, 5.74) is 1.05. The molecule has 1 aromatic rings. The SMILES string of the molecule is O=C(O)C1CN(Cc2cc(Cl)ccc2Br)CCO1. The second-order valence-electron chi connectivity index (χ2n) is 4.17. The maximum Gasteiger partial charge on any atom is 0.334 e. The molecule has 2 rings (SSSR count). The number of rotatable bonds is 3. The van der Waals surface area contributed by atoms with Crippen molar-refractivity contribution >= 4 is 33.5 Å². The average molecular weight is 335 g/mol. The molecule has 1 atom stereocenters. The van der Waals surface area contributed by atoms with Crippen LogP contribution >= 0.6 is 27.5 Å². The van der Waals surface area contributed by atoms with Gasteiger partial charge in [0.2, 0.25) is 0 Å². The fourth-order valence-electron chi connectivity index (χ4n) is 1.90. The summed E-state index contributed by atoms with van der Waals surface area (Å²) in [6.07, 6.45) is -0.739. The molecule has 1 aliphatic rings. The standard InChI is InChI=1S/C12H13BrClNO3/c13-10-2-1-9(14)5-8(10)6-15-3-4-18-11(7-15)12(16)17/h1-2,5,11H,3-4,6-7H2,(H,16,17). The van der Waals surface area contributed by atoms with Gasteiger partial charge in [-0.1, -0.05) is 27.5 Å². The molecule has 4 nitrogen and oxygen atoms in total. The van der Waals surface area contributed by atoms with Crippen LogP contribution in [0, 0.1) is 0 Å². The molecule has 0 amide bonds. The molecule has 1 unspecified atom stereocenters. The van der Waals surface area contributed by atoms with E-state index in [1.807, 2.05) is 18.2 Å². The third-order valence-corrected chi connectivity index (χ3v) is 3.84. The highest BCUT2D eigenvalue weighted by Crippen LogP contribution is 2.23. The number of aliphatic carboxylic acids is 1. The molecular formula is C12H13BrClNO3. The van der Waals surface area contributed by atoms with E-state index in [4.69, 9.17) is 21.4 Å². The molecule has 1 aromatic carbocycles. The number of carbonyl (C=O) groups is 1. The fourth-order valence-corrected chi connectivity index (χ4v) is 2.47. The van der Waals surface area contributed by atoms with Crippen LogP contribution in [-0.2, 0) is 16.1 Å². The van der Waals surface area contributed by atoms with Crippen LogP contribution in [0.3, 0.4) is 0 Å². The summed E-state index contributed by atoms with van der Waals surface area (Å²) in [5.74, 6) is -0.912. The van der Waals surface area contributed by atoms with Crippen molar-refractivity contribution in [2.75, 3.05) is 19.7 Å². The Labute approximate surface area is 119 Å². The van der Waals surface area contributed by atoms with Gasteiger partial charge in [-0.15, -0.1) is 0 Å². The minimum Gasteiger partial charge on any atom is -0.479 e. The van der Waals surface area contributed by atoms with Gasteiger partial charge in [0, 0.05) is 29.1 Å². The Kier molecular flexibility index (Phi) is 4.61. The maximum atomic E-state index is 10.9. The minimum atomic E-state index is -0.912. The van der Waals surface area contributed by atoms with Crippen LogP contribution < -0.4 is 0 Å². The van der Waals surface area contributed by atoms with E-state index in [-0.39, 0.29) is 0 Å². The summed E-state index contributed by atoms with van der Waals surface area (Å²) in [5, 5.41) is 9.62. The zero-order valence-electron chi connectivity index (χ0n) is 9.60. The molecule has 6 heteroatoms. The Hall–Kier alpha value is -0.620. The molecule has 0 aliphatic carbocycles. The lowest BCUT2D eigenvalue weighted by Gasteiger charge is -2.31. The predicted octanol–water partition coefficient (Wildman–Crippen LogP) is 2.39. The van der Waals surface area contributed by atoms with Crippen LogP contribution in [0.15, 0.2) is 22.7 Å². The molecule has 1 aliphatic heterocycles. The van der Waals surface area contributed by atoms with Crippen molar-refractivity contribution in [2.45, 2.75) is 12.6 Å². The summed E-state index contributed by atoms with van der Waals surface area (Å²) in [6, 6.07) is 5.60. The highest BCUT2D eigenvalue weighted by molar-refractivity contribution is 9.10. The third-order valence-electron chi connectivity index (χ3n) is 2.83. The van der Waals surface area contributed by atoms with Gasteiger partial charge in [-0.25, -0.2) is 4.79 Å². The second-order valence-corrected chi connectivity index (χ2v) is 5.46. The molecule has 1 fully saturated rings. The van der Waals surface area contributed by atoms with Crippen molar-refractivity contribution in [3.63, 3.8) is 0 Å². The van der Waals surface area contributed by atoms with Gasteiger partial charge in [-0.2, -0.15) is 0 Å². The van der Waals surface area contributed by atoms with Crippen molar-refractivity contribution in [3.05, 3.63) is 33.3 Å². The number of morpholine rings is 1. The molecular weight excluding hydrogens is 321 g/mol. The number of carboxylic acid groups (broad SMARTS) is 1. The van der Waals surface area contributed by atoms with Crippen LogP contribution in [-0.4, -0.2) is 41.8 Å². The van der Waals surface area contributed by atoms with Gasteiger partial charge >= 0.3 is 5.97 Å². The Bertz CT molecular complexity index is 455. The van der Waals surface area contributed by atoms with E-state index in [1.54, 1.807) is 0 Å². The van der Waals surface area contributed by atoms with Gasteiger partial charge in [0.15, 0.2) is 6.10 Å². The first-order valence-corrected chi connectivity index (χ1v) is 6.74. The maximum absolute atomic E-state index is 10.9. The quantitative estimate of drug-likeness (QED) is 0.922. The fraction of sp³-hybridized carbons (Fsp3) is 0.417. The van der Waals surface area contributed by atoms with Crippen molar-refractivity contribution < 1.29 is 14.6 Å². The number of hydrogen-bond acceptors (Lipinski definition) is 3. The van der Waals surface area contributed by atoms with Crippen LogP contribution in [0.4, 0.5) is 0 Å². The molecule has 0 bridgehead atoms. The average Bonchev–Trinajstić information content (AvgIpc) is 2.34. The highest BCUT2D eigenvalue weighted by atomic mass is 79.9. The van der Waals surface area contributed by atoms with Gasteiger partial charge < -0.3 is 9.84 Å². The van der Waals surface area contributed by atoms with Crippen LogP contribution in [0.25, 0.3) is 0 Å². The van der Waals surface area contributed by atoms with Crippen LogP contribution in [0.1, 0.15) is 5.56 Å². The molecule has 0 spiro atoms. The largest absolute Gasteiger partial charge is 0.479 e. The number of ether oxygens (including phenoxy) is 1. The molecule has 0 radical (unpaired) electrons. The normalized spacial score (nSPS) is 20.9. The number of carboxylic acids is 1. The van der Waals surface area contributed by atoms with E-state index in [1.165, 1.54) is 0 Å². The lowest BCUT2D eigenvalue weighted by Crippen LogP contribution is -2.45. The number of hydrogen-bond donors (Lipinski definition) is 1. The summed E-state index contributed by atoms with van der Waals surface area (Å²) in [7, 11) is 0. The first kappa shape index (κ1) is 13.8. The minimum absolute atomic E-state index is 0.397. The zero-order valence-corrected chi connectivity index (χ0v) is 11.9. The van der Waals surface area contributed by atoms with Crippen LogP contribution in [0.5, 0.6) is 0 Å². The Morgan fingerprint density at radius 2 is 2.39 bits per heavy atom. The van der Waals surface area contributed by atoms with Crippen molar-refractivity contribution in [2.24, 2.45) is 0 Å². The first-order valence-electron chi connectivity index (χ1n) is 5.57. The van der Waals surface area contributed by atoms with Crippen molar-refractivity contribution in [1.82, 2.24) is 4.90 Å². The molecule has 0 saturated carbocycles. The zero-order chi connectivity index (χ0) is 13.1. The monoisotopic (exact) mass is 333 g/mol. The van der Waals surface area contributed by atoms with E-state index in [2.05, 4.69) is 20.8 Å². The summed E-state index contributed by atoms with van der Waals surface area (Å²) < 4.78 is 6.16. The van der Waals surface area contributed by atoms with E-state index in [0.29, 0.717) is 24.7 Å². The number of nitrogens with zero attached hydrogens (tertiary/aromatic N) is 1. The Morgan fingerprint density at radius 3 is 3.11 bits per heavy atom. The summed E-state index contributed by atoms with van der Waals surface area (Å²) >= 11 is 9.42. The number of benzene rings is 1. The predicted molar refractivity (Wildman–Crippen MR) is 71.8 cm³/mol. The van der Waals surface area contributed by atoms with Gasteiger partial charge in [0.1, 0.15) is 0 Å². The van der Waals surface area contributed by atoms with Crippen LogP contribution in [0.2, 0.25) is 5.02 Å². The molecule has 1 saturated heterocycles. The lowest BCUT2D eigenvalue weighted by molar-refractivity contribution is -0.156. The number of halogens is 2. The molecule has 0 aromatic heterocycles. The molecule has 18 heavy (non-hydrogen) atoms. The summed E-state index contributed by atoms with van der Waals surface area (Å²) in [4.78, 5) is 12.9. The van der Waals surface area contributed by atoms with Gasteiger partial charge in [-0.3, -0.25) is 4.90 Å². The molecule has 1 heterocycles. The van der Waals surface area contributed by atoms with Crippen molar-refractivity contribution in [1.29, 1.82) is 0 Å². The Morgan fingerprint density at radius 1 is 1.61 bits per heavy atom. The second kappa shape index (κ2) is 6.02. The molecule has 1 N–H and O–H groups in total. The Balaban J connectivity index is 2.04. The van der Waals surface area contributed by atoms with Gasteiger partial charge in [-0.05, 0) is 23.8 Å². The van der Waals surface area contributed by atoms with E-state index >= 15 is 0 Å².